The monoisotopic (exact) mass is 273 g/mol. The molecule has 2 rings (SSSR count). The summed E-state index contributed by atoms with van der Waals surface area (Å²) in [5.41, 5.74) is 2.22. The average molecular weight is 273 g/mol. The number of amides is 1. The molecule has 0 fully saturated rings. The first kappa shape index (κ1) is 14.8. The lowest BCUT2D eigenvalue weighted by molar-refractivity contribution is -0.122. The maximum atomic E-state index is 12.0. The Morgan fingerprint density at radius 1 is 1.40 bits per heavy atom. The lowest BCUT2D eigenvalue weighted by Crippen LogP contribution is -2.31. The molecular formula is C17H23NO2. The summed E-state index contributed by atoms with van der Waals surface area (Å²) in [5, 5.41) is 12.4. The number of hydrogen-bond acceptors (Lipinski definition) is 2. The summed E-state index contributed by atoms with van der Waals surface area (Å²) in [6.07, 6.45) is 7.88. The maximum Gasteiger partial charge on any atom is 0.221 e. The molecule has 3 heteroatoms. The van der Waals surface area contributed by atoms with Crippen molar-refractivity contribution in [3.8, 4) is 0 Å². The zero-order valence-corrected chi connectivity index (χ0v) is 12.0. The van der Waals surface area contributed by atoms with Crippen molar-refractivity contribution in [2.45, 2.75) is 38.6 Å². The molecule has 2 N–H and O–H groups in total. The minimum absolute atomic E-state index is 0.0140. The Morgan fingerprint density at radius 2 is 2.15 bits per heavy atom. The summed E-state index contributed by atoms with van der Waals surface area (Å²) < 4.78 is 0. The molecule has 0 saturated heterocycles. The van der Waals surface area contributed by atoms with E-state index in [1.807, 2.05) is 24.3 Å². The average Bonchev–Trinajstić information content (AvgIpc) is 2.97. The third-order valence-electron chi connectivity index (χ3n) is 3.87. The number of aliphatic hydroxyl groups excluding tert-OH is 1. The van der Waals surface area contributed by atoms with Crippen LogP contribution in [0.5, 0.6) is 0 Å². The summed E-state index contributed by atoms with van der Waals surface area (Å²) in [5.74, 6) is 0.372. The fourth-order valence-corrected chi connectivity index (χ4v) is 2.58. The molecule has 3 nitrogen and oxygen atoms in total. The van der Waals surface area contributed by atoms with Gasteiger partial charge >= 0.3 is 0 Å². The van der Waals surface area contributed by atoms with Gasteiger partial charge in [-0.15, -0.1) is 0 Å². The second kappa shape index (κ2) is 7.25. The van der Waals surface area contributed by atoms with Crippen LogP contribution >= 0.6 is 0 Å². The van der Waals surface area contributed by atoms with Gasteiger partial charge in [-0.05, 0) is 36.3 Å². The van der Waals surface area contributed by atoms with Crippen molar-refractivity contribution in [2.75, 3.05) is 6.61 Å². The molecule has 1 aromatic rings. The minimum atomic E-state index is -0.307. The smallest absolute Gasteiger partial charge is 0.221 e. The number of carbonyl (C=O) groups excluding carboxylic acids is 1. The number of aryl methyl sites for hydroxylation is 1. The van der Waals surface area contributed by atoms with E-state index in [1.165, 1.54) is 5.56 Å². The molecule has 0 saturated carbocycles. The van der Waals surface area contributed by atoms with Crippen molar-refractivity contribution in [2.24, 2.45) is 5.92 Å². The van der Waals surface area contributed by atoms with Gasteiger partial charge in [0.05, 0.1) is 12.6 Å². The van der Waals surface area contributed by atoms with Gasteiger partial charge in [0.2, 0.25) is 5.91 Å². The molecular weight excluding hydrogens is 250 g/mol. The van der Waals surface area contributed by atoms with Crippen LogP contribution in [0.25, 0.3) is 0 Å². The zero-order chi connectivity index (χ0) is 14.4. The summed E-state index contributed by atoms with van der Waals surface area (Å²) in [7, 11) is 0. The zero-order valence-electron chi connectivity index (χ0n) is 12.0. The Hall–Kier alpha value is -1.61. The number of aliphatic hydroxyl groups is 1. The first-order valence-electron chi connectivity index (χ1n) is 7.38. The van der Waals surface area contributed by atoms with Gasteiger partial charge in [0.1, 0.15) is 0 Å². The van der Waals surface area contributed by atoms with E-state index in [2.05, 4.69) is 24.4 Å². The van der Waals surface area contributed by atoms with Crippen LogP contribution in [0.3, 0.4) is 0 Å². The molecule has 2 atom stereocenters. The first-order chi connectivity index (χ1) is 9.72. The summed E-state index contributed by atoms with van der Waals surface area (Å²) in [6, 6.07) is 7.75. The second-order valence-corrected chi connectivity index (χ2v) is 5.37. The molecule has 0 bridgehead atoms. The molecule has 1 amide bonds. The Balaban J connectivity index is 1.93. The van der Waals surface area contributed by atoms with Crippen LogP contribution in [0, 0.1) is 5.92 Å². The van der Waals surface area contributed by atoms with Gasteiger partial charge in [-0.1, -0.05) is 43.3 Å². The van der Waals surface area contributed by atoms with E-state index in [9.17, 15) is 9.90 Å². The number of benzene rings is 1. The van der Waals surface area contributed by atoms with Crippen LogP contribution in [0.15, 0.2) is 36.4 Å². The van der Waals surface area contributed by atoms with Gasteiger partial charge in [0, 0.05) is 6.42 Å². The van der Waals surface area contributed by atoms with Gasteiger partial charge in [-0.3, -0.25) is 4.79 Å². The van der Waals surface area contributed by atoms with Gasteiger partial charge in [-0.2, -0.15) is 0 Å². The molecule has 0 heterocycles. The number of nitrogens with one attached hydrogen (secondary N) is 1. The van der Waals surface area contributed by atoms with Crippen LogP contribution in [-0.2, 0) is 11.2 Å². The van der Waals surface area contributed by atoms with Crippen molar-refractivity contribution >= 4 is 5.91 Å². The van der Waals surface area contributed by atoms with E-state index in [1.54, 1.807) is 0 Å². The highest BCUT2D eigenvalue weighted by atomic mass is 16.3. The highest BCUT2D eigenvalue weighted by molar-refractivity contribution is 5.77. The predicted molar refractivity (Wildman–Crippen MR) is 80.3 cm³/mol. The number of carbonyl (C=O) groups is 1. The SMILES string of the molecule is CCc1ccc(C(CO)NC(=O)CC2C=CCC2)cc1. The van der Waals surface area contributed by atoms with E-state index >= 15 is 0 Å². The minimum Gasteiger partial charge on any atom is -0.394 e. The number of rotatable bonds is 6. The first-order valence-corrected chi connectivity index (χ1v) is 7.38. The van der Waals surface area contributed by atoms with Gasteiger partial charge in [0.15, 0.2) is 0 Å². The van der Waals surface area contributed by atoms with Gasteiger partial charge in [0.25, 0.3) is 0 Å². The van der Waals surface area contributed by atoms with E-state index in [0.717, 1.165) is 24.8 Å². The molecule has 0 spiro atoms. The standard InChI is InChI=1S/C17H23NO2/c1-2-13-7-9-15(10-8-13)16(12-19)18-17(20)11-14-5-3-4-6-14/h3,5,7-10,14,16,19H,2,4,6,11-12H2,1H3,(H,18,20). The lowest BCUT2D eigenvalue weighted by Gasteiger charge is -2.18. The Labute approximate surface area is 120 Å². The quantitative estimate of drug-likeness (QED) is 0.783. The Kier molecular flexibility index (Phi) is 5.36. The Morgan fingerprint density at radius 3 is 2.70 bits per heavy atom. The summed E-state index contributed by atoms with van der Waals surface area (Å²) >= 11 is 0. The molecule has 1 aliphatic carbocycles. The lowest BCUT2D eigenvalue weighted by atomic mass is 10.0. The Bertz CT molecular complexity index is 464. The molecule has 1 aromatic carbocycles. The highest BCUT2D eigenvalue weighted by Gasteiger charge is 2.17. The van der Waals surface area contributed by atoms with Crippen LogP contribution < -0.4 is 5.32 Å². The van der Waals surface area contributed by atoms with E-state index in [4.69, 9.17) is 0 Å². The third-order valence-corrected chi connectivity index (χ3v) is 3.87. The predicted octanol–water partition coefficient (Wildman–Crippen LogP) is 2.75. The molecule has 108 valence electrons. The normalized spacial score (nSPS) is 19.0. The molecule has 0 aromatic heterocycles. The van der Waals surface area contributed by atoms with E-state index in [0.29, 0.717) is 12.3 Å². The summed E-state index contributed by atoms with van der Waals surface area (Å²) in [4.78, 5) is 12.0. The van der Waals surface area contributed by atoms with Crippen molar-refractivity contribution in [3.05, 3.63) is 47.5 Å². The van der Waals surface area contributed by atoms with Crippen molar-refractivity contribution in [3.63, 3.8) is 0 Å². The molecule has 2 unspecified atom stereocenters. The molecule has 1 aliphatic rings. The third kappa shape index (κ3) is 3.94. The molecule has 0 aliphatic heterocycles. The van der Waals surface area contributed by atoms with Crippen LogP contribution in [0.4, 0.5) is 0 Å². The number of allylic oxidation sites excluding steroid dienone is 2. The maximum absolute atomic E-state index is 12.0. The van der Waals surface area contributed by atoms with Gasteiger partial charge < -0.3 is 10.4 Å². The fourth-order valence-electron chi connectivity index (χ4n) is 2.58. The van der Waals surface area contributed by atoms with Crippen LogP contribution in [-0.4, -0.2) is 17.6 Å². The van der Waals surface area contributed by atoms with Crippen LogP contribution in [0.1, 0.15) is 43.4 Å². The van der Waals surface area contributed by atoms with E-state index < -0.39 is 0 Å². The largest absolute Gasteiger partial charge is 0.394 e. The topological polar surface area (TPSA) is 49.3 Å². The van der Waals surface area contributed by atoms with Crippen molar-refractivity contribution in [1.29, 1.82) is 0 Å². The van der Waals surface area contributed by atoms with Crippen LogP contribution in [0.2, 0.25) is 0 Å². The number of hydrogen-bond donors (Lipinski definition) is 2. The van der Waals surface area contributed by atoms with Crippen molar-refractivity contribution < 1.29 is 9.90 Å². The fraction of sp³-hybridized carbons (Fsp3) is 0.471. The van der Waals surface area contributed by atoms with Gasteiger partial charge in [-0.25, -0.2) is 0 Å². The highest BCUT2D eigenvalue weighted by Crippen LogP contribution is 2.21. The summed E-state index contributed by atoms with van der Waals surface area (Å²) in [6.45, 7) is 2.03. The van der Waals surface area contributed by atoms with E-state index in [-0.39, 0.29) is 18.6 Å². The molecule has 20 heavy (non-hydrogen) atoms. The second-order valence-electron chi connectivity index (χ2n) is 5.37. The van der Waals surface area contributed by atoms with Crippen molar-refractivity contribution in [1.82, 2.24) is 5.32 Å². The molecule has 0 radical (unpaired) electrons.